The molecule has 0 radical (unpaired) electrons. The number of alkyl carbamates (subject to hydrolysis) is 1. The number of fused-ring (bicyclic) bond motifs is 1. The Hall–Kier alpha value is -2.65. The third-order valence-corrected chi connectivity index (χ3v) is 6.61. The zero-order valence-electron chi connectivity index (χ0n) is 20.8. The van der Waals surface area contributed by atoms with Gasteiger partial charge in [0.15, 0.2) is 5.78 Å². The van der Waals surface area contributed by atoms with Gasteiger partial charge in [0.05, 0.1) is 17.8 Å². The molecule has 1 heterocycles. The monoisotopic (exact) mass is 538 g/mol. The highest BCUT2D eigenvalue weighted by Gasteiger charge is 2.35. The number of benzene rings is 2. The number of nitrogens with one attached hydrogen (secondary N) is 1. The largest absolute Gasteiger partial charge is 0.444 e. The number of halogens is 3. The molecule has 6 nitrogen and oxygen atoms in total. The standard InChI is InChI=1S/C26H29ClF2N2O4S/c1-14(2)8-22(32)17-10-21-23(11-19(17)29)36-13-20(30-25(34)35-26(3,4)5)24(33)31(21)12-15-6-7-16(27)9-18(15)28/h6-7,9-11,14,20H,8,12-13H2,1-5H3,(H,30,34)/t20-/m0/s1. The lowest BCUT2D eigenvalue weighted by Crippen LogP contribution is -2.50. The van der Waals surface area contributed by atoms with Gasteiger partial charge in [-0.1, -0.05) is 31.5 Å². The number of hydrogen-bond donors (Lipinski definition) is 1. The molecule has 3 rings (SSSR count). The smallest absolute Gasteiger partial charge is 0.408 e. The maximum absolute atomic E-state index is 15.0. The second-order valence-electron chi connectivity index (χ2n) is 9.99. The number of amides is 2. The van der Waals surface area contributed by atoms with Gasteiger partial charge in [0.1, 0.15) is 23.3 Å². The summed E-state index contributed by atoms with van der Waals surface area (Å²) in [6.07, 6.45) is -0.658. The van der Waals surface area contributed by atoms with Crippen molar-refractivity contribution >= 4 is 46.8 Å². The van der Waals surface area contributed by atoms with Crippen LogP contribution in [0.4, 0.5) is 19.3 Å². The number of anilines is 1. The van der Waals surface area contributed by atoms with Crippen molar-refractivity contribution in [3.63, 3.8) is 0 Å². The number of Topliss-reactive ketones (excluding diaryl/α,β-unsaturated/α-hetero) is 1. The van der Waals surface area contributed by atoms with E-state index in [1.165, 1.54) is 29.2 Å². The van der Waals surface area contributed by atoms with Crippen molar-refractivity contribution in [3.8, 4) is 0 Å². The molecule has 0 spiro atoms. The van der Waals surface area contributed by atoms with Crippen LogP contribution in [0.3, 0.4) is 0 Å². The Bertz CT molecular complexity index is 1180. The average molecular weight is 539 g/mol. The van der Waals surface area contributed by atoms with Crippen LogP contribution >= 0.6 is 23.4 Å². The van der Waals surface area contributed by atoms with E-state index in [0.29, 0.717) is 4.90 Å². The molecule has 1 aliphatic rings. The van der Waals surface area contributed by atoms with E-state index in [9.17, 15) is 23.2 Å². The number of rotatable bonds is 6. The molecule has 194 valence electrons. The summed E-state index contributed by atoms with van der Waals surface area (Å²) in [7, 11) is 0. The Labute approximate surface area is 218 Å². The summed E-state index contributed by atoms with van der Waals surface area (Å²) >= 11 is 7.03. The fourth-order valence-corrected chi connectivity index (χ4v) is 4.89. The lowest BCUT2D eigenvalue weighted by Gasteiger charge is -2.27. The number of ether oxygens (including phenoxy) is 1. The molecule has 1 atom stereocenters. The van der Waals surface area contributed by atoms with Gasteiger partial charge in [0, 0.05) is 27.7 Å². The second kappa shape index (κ2) is 11.2. The molecule has 0 saturated heterocycles. The van der Waals surface area contributed by atoms with Crippen molar-refractivity contribution < 1.29 is 27.9 Å². The van der Waals surface area contributed by atoms with E-state index < -0.39 is 41.1 Å². The second-order valence-corrected chi connectivity index (χ2v) is 11.5. The number of nitrogens with zero attached hydrogens (tertiary/aromatic N) is 1. The van der Waals surface area contributed by atoms with Crippen LogP contribution < -0.4 is 10.2 Å². The molecule has 0 fully saturated rings. The molecule has 10 heteroatoms. The summed E-state index contributed by atoms with van der Waals surface area (Å²) in [5, 5.41) is 2.77. The van der Waals surface area contributed by atoms with Gasteiger partial charge in [-0.25, -0.2) is 13.6 Å². The fourth-order valence-electron chi connectivity index (χ4n) is 3.65. The predicted octanol–water partition coefficient (Wildman–Crippen LogP) is 6.38. The summed E-state index contributed by atoms with van der Waals surface area (Å²) in [6.45, 7) is 8.56. The van der Waals surface area contributed by atoms with Crippen LogP contribution in [0.1, 0.15) is 57.0 Å². The maximum Gasteiger partial charge on any atom is 0.408 e. The Morgan fingerprint density at radius 1 is 1.19 bits per heavy atom. The van der Waals surface area contributed by atoms with Crippen molar-refractivity contribution in [2.24, 2.45) is 5.92 Å². The minimum Gasteiger partial charge on any atom is -0.444 e. The summed E-state index contributed by atoms with van der Waals surface area (Å²) < 4.78 is 34.9. The van der Waals surface area contributed by atoms with Crippen LogP contribution in [-0.2, 0) is 16.1 Å². The van der Waals surface area contributed by atoms with E-state index >= 15 is 0 Å². The van der Waals surface area contributed by atoms with Crippen LogP contribution in [0.25, 0.3) is 0 Å². The Balaban J connectivity index is 2.05. The molecule has 1 N–H and O–H groups in total. The van der Waals surface area contributed by atoms with Crippen LogP contribution in [0.2, 0.25) is 5.02 Å². The summed E-state index contributed by atoms with van der Waals surface area (Å²) in [5.41, 5.74) is -0.493. The molecule has 2 aromatic rings. The lowest BCUT2D eigenvalue weighted by atomic mass is 10.00. The first-order valence-electron chi connectivity index (χ1n) is 11.5. The van der Waals surface area contributed by atoms with Gasteiger partial charge >= 0.3 is 6.09 Å². The Morgan fingerprint density at radius 2 is 1.89 bits per heavy atom. The first kappa shape index (κ1) is 27.9. The molecule has 0 aliphatic carbocycles. The summed E-state index contributed by atoms with van der Waals surface area (Å²) in [5.74, 6) is -2.17. The number of carbonyl (C=O) groups is 3. The van der Waals surface area contributed by atoms with Gasteiger partial charge in [0.2, 0.25) is 0 Å². The van der Waals surface area contributed by atoms with Crippen LogP contribution in [0.15, 0.2) is 35.2 Å². The van der Waals surface area contributed by atoms with Crippen molar-refractivity contribution in [2.45, 2.75) is 64.1 Å². The van der Waals surface area contributed by atoms with Gasteiger partial charge in [0.25, 0.3) is 5.91 Å². The molecule has 0 aromatic heterocycles. The summed E-state index contributed by atoms with van der Waals surface area (Å²) in [6, 6.07) is 5.59. The number of thioether (sulfide) groups is 1. The SMILES string of the molecule is CC(C)CC(=O)c1cc2c(cc1F)SC[C@H](NC(=O)OC(C)(C)C)C(=O)N2Cc1ccc(Cl)cc1F. The zero-order chi connectivity index (χ0) is 26.8. The minimum atomic E-state index is -1.04. The van der Waals surface area contributed by atoms with Crippen LogP contribution in [-0.4, -0.2) is 35.2 Å². The molecule has 1 aliphatic heterocycles. The minimum absolute atomic E-state index is 0.00777. The normalized spacial score (nSPS) is 16.0. The van der Waals surface area contributed by atoms with E-state index in [1.54, 1.807) is 20.8 Å². The van der Waals surface area contributed by atoms with Gasteiger partial charge in [-0.15, -0.1) is 11.8 Å². The highest BCUT2D eigenvalue weighted by atomic mass is 35.5. The predicted molar refractivity (Wildman–Crippen MR) is 137 cm³/mol. The Morgan fingerprint density at radius 3 is 2.50 bits per heavy atom. The number of carbonyl (C=O) groups excluding carboxylic acids is 3. The van der Waals surface area contributed by atoms with E-state index in [2.05, 4.69) is 5.32 Å². The summed E-state index contributed by atoms with van der Waals surface area (Å²) in [4.78, 5) is 40.5. The molecule has 0 saturated carbocycles. The molecule has 0 unspecified atom stereocenters. The first-order chi connectivity index (χ1) is 16.7. The quantitative estimate of drug-likeness (QED) is 0.432. The van der Waals surface area contributed by atoms with Crippen molar-refractivity contribution in [1.29, 1.82) is 0 Å². The van der Waals surface area contributed by atoms with Crippen LogP contribution in [0.5, 0.6) is 0 Å². The van der Waals surface area contributed by atoms with Crippen molar-refractivity contribution in [3.05, 3.63) is 58.1 Å². The maximum atomic E-state index is 15.0. The topological polar surface area (TPSA) is 75.7 Å². The highest BCUT2D eigenvalue weighted by Crippen LogP contribution is 2.38. The third-order valence-electron chi connectivity index (χ3n) is 5.24. The Kier molecular flexibility index (Phi) is 8.67. The highest BCUT2D eigenvalue weighted by molar-refractivity contribution is 7.99. The lowest BCUT2D eigenvalue weighted by molar-refractivity contribution is -0.120. The van der Waals surface area contributed by atoms with Gasteiger partial charge < -0.3 is 15.0 Å². The number of ketones is 1. The molecule has 0 bridgehead atoms. The molecule has 2 aromatic carbocycles. The van der Waals surface area contributed by atoms with Gasteiger partial charge in [-0.3, -0.25) is 9.59 Å². The van der Waals surface area contributed by atoms with E-state index in [0.717, 1.165) is 17.8 Å². The van der Waals surface area contributed by atoms with Crippen molar-refractivity contribution in [2.75, 3.05) is 10.7 Å². The van der Waals surface area contributed by atoms with Crippen molar-refractivity contribution in [1.82, 2.24) is 5.32 Å². The number of hydrogen-bond acceptors (Lipinski definition) is 5. The first-order valence-corrected chi connectivity index (χ1v) is 12.9. The zero-order valence-corrected chi connectivity index (χ0v) is 22.4. The molecular weight excluding hydrogens is 510 g/mol. The molecule has 36 heavy (non-hydrogen) atoms. The molecular formula is C26H29ClF2N2O4S. The van der Waals surface area contributed by atoms with Crippen LogP contribution in [0, 0.1) is 17.6 Å². The average Bonchev–Trinajstić information content (AvgIpc) is 2.85. The van der Waals surface area contributed by atoms with Gasteiger partial charge in [-0.2, -0.15) is 0 Å². The van der Waals surface area contributed by atoms with E-state index in [4.69, 9.17) is 16.3 Å². The molecule has 2 amide bonds. The third kappa shape index (κ3) is 6.97. The fraction of sp³-hybridized carbons (Fsp3) is 0.423. The van der Waals surface area contributed by atoms with E-state index in [-0.39, 0.29) is 46.5 Å². The van der Waals surface area contributed by atoms with Gasteiger partial charge in [-0.05, 0) is 51.0 Å². The van der Waals surface area contributed by atoms with E-state index in [1.807, 2.05) is 13.8 Å².